The standard InChI is InChI=1S/C19H19ClF3N3O/c20-18-15(4-3-10-24-18)25-17(27)12-26-11-2-1-5-16(26)13-6-8-14(9-7-13)19(21,22)23/h3-4,6-10,16H,1-2,5,11-12H2,(H,25,27). The van der Waals surface area contributed by atoms with Gasteiger partial charge in [-0.3, -0.25) is 9.69 Å². The van der Waals surface area contributed by atoms with Crippen LogP contribution in [0.25, 0.3) is 0 Å². The summed E-state index contributed by atoms with van der Waals surface area (Å²) in [4.78, 5) is 18.3. The molecule has 1 saturated heterocycles. The highest BCUT2D eigenvalue weighted by Gasteiger charge is 2.31. The van der Waals surface area contributed by atoms with E-state index in [1.54, 1.807) is 12.1 Å². The van der Waals surface area contributed by atoms with Crippen molar-refractivity contribution in [1.29, 1.82) is 0 Å². The van der Waals surface area contributed by atoms with Gasteiger partial charge in [-0.1, -0.05) is 30.2 Å². The van der Waals surface area contributed by atoms with Gasteiger partial charge in [-0.2, -0.15) is 13.2 Å². The highest BCUT2D eigenvalue weighted by molar-refractivity contribution is 6.32. The van der Waals surface area contributed by atoms with Gasteiger partial charge in [0.1, 0.15) is 0 Å². The van der Waals surface area contributed by atoms with Crippen LogP contribution in [0.5, 0.6) is 0 Å². The van der Waals surface area contributed by atoms with Crippen LogP contribution in [0, 0.1) is 0 Å². The van der Waals surface area contributed by atoms with Crippen molar-refractivity contribution in [2.24, 2.45) is 0 Å². The van der Waals surface area contributed by atoms with E-state index in [1.807, 2.05) is 4.90 Å². The second kappa shape index (κ2) is 8.27. The number of nitrogens with one attached hydrogen (secondary N) is 1. The average molecular weight is 398 g/mol. The third-order valence-corrected chi connectivity index (χ3v) is 4.92. The molecule has 0 saturated carbocycles. The molecule has 0 radical (unpaired) electrons. The fraction of sp³-hybridized carbons (Fsp3) is 0.368. The van der Waals surface area contributed by atoms with Crippen LogP contribution < -0.4 is 5.32 Å². The third kappa shape index (κ3) is 4.99. The molecule has 144 valence electrons. The number of nitrogens with zero attached hydrogens (tertiary/aromatic N) is 2. The maximum Gasteiger partial charge on any atom is 0.416 e. The lowest BCUT2D eigenvalue weighted by Gasteiger charge is -2.35. The topological polar surface area (TPSA) is 45.2 Å². The molecule has 1 amide bonds. The Hall–Kier alpha value is -2.12. The second-order valence-corrected chi connectivity index (χ2v) is 6.85. The van der Waals surface area contributed by atoms with Crippen LogP contribution in [-0.4, -0.2) is 28.9 Å². The quantitative estimate of drug-likeness (QED) is 0.745. The largest absolute Gasteiger partial charge is 0.416 e. The minimum atomic E-state index is -4.35. The molecule has 3 rings (SSSR count). The summed E-state index contributed by atoms with van der Waals surface area (Å²) in [5.41, 5.74) is 0.555. The first kappa shape index (κ1) is 19.6. The van der Waals surface area contributed by atoms with Crippen LogP contribution >= 0.6 is 11.6 Å². The Morgan fingerprint density at radius 1 is 1.22 bits per heavy atom. The normalized spacial score (nSPS) is 18.3. The second-order valence-electron chi connectivity index (χ2n) is 6.49. The van der Waals surface area contributed by atoms with Gasteiger partial charge < -0.3 is 5.32 Å². The molecular formula is C19H19ClF3N3O. The van der Waals surface area contributed by atoms with Gasteiger partial charge in [0.05, 0.1) is 17.8 Å². The molecule has 2 heterocycles. The molecule has 27 heavy (non-hydrogen) atoms. The first-order chi connectivity index (χ1) is 12.8. The lowest BCUT2D eigenvalue weighted by molar-refractivity contribution is -0.137. The van der Waals surface area contributed by atoms with Gasteiger partial charge in [0.2, 0.25) is 5.91 Å². The molecule has 0 spiro atoms. The first-order valence-electron chi connectivity index (χ1n) is 8.66. The fourth-order valence-corrected chi connectivity index (χ4v) is 3.47. The average Bonchev–Trinajstić information content (AvgIpc) is 2.63. The van der Waals surface area contributed by atoms with E-state index >= 15 is 0 Å². The Labute approximate surface area is 160 Å². The Kier molecular flexibility index (Phi) is 6.01. The molecule has 1 aromatic carbocycles. The number of hydrogen-bond acceptors (Lipinski definition) is 3. The van der Waals surface area contributed by atoms with Crippen LogP contribution in [0.2, 0.25) is 5.15 Å². The number of amides is 1. The first-order valence-corrected chi connectivity index (χ1v) is 9.04. The van der Waals surface area contributed by atoms with Crippen molar-refractivity contribution in [2.45, 2.75) is 31.5 Å². The van der Waals surface area contributed by atoms with Crippen molar-refractivity contribution in [3.63, 3.8) is 0 Å². The number of pyridine rings is 1. The summed E-state index contributed by atoms with van der Waals surface area (Å²) >= 11 is 5.96. The fourth-order valence-electron chi connectivity index (χ4n) is 3.31. The summed E-state index contributed by atoms with van der Waals surface area (Å²) in [6.45, 7) is 0.844. The zero-order valence-corrected chi connectivity index (χ0v) is 15.2. The minimum Gasteiger partial charge on any atom is -0.322 e. The van der Waals surface area contributed by atoms with Crippen molar-refractivity contribution in [3.05, 3.63) is 58.9 Å². The van der Waals surface area contributed by atoms with Crippen molar-refractivity contribution < 1.29 is 18.0 Å². The van der Waals surface area contributed by atoms with E-state index in [0.29, 0.717) is 12.2 Å². The number of aromatic nitrogens is 1. The van der Waals surface area contributed by atoms with Crippen molar-refractivity contribution in [1.82, 2.24) is 9.88 Å². The number of halogens is 4. The number of alkyl halides is 3. The summed E-state index contributed by atoms with van der Waals surface area (Å²) in [5, 5.41) is 2.95. The van der Waals surface area contributed by atoms with Crippen LogP contribution in [0.4, 0.5) is 18.9 Å². The zero-order valence-electron chi connectivity index (χ0n) is 14.5. The monoisotopic (exact) mass is 397 g/mol. The van der Waals surface area contributed by atoms with Gasteiger partial charge in [0.25, 0.3) is 0 Å². The number of carbonyl (C=O) groups is 1. The van der Waals surface area contributed by atoms with E-state index < -0.39 is 11.7 Å². The summed E-state index contributed by atoms with van der Waals surface area (Å²) < 4.78 is 38.3. The Bertz CT molecular complexity index is 796. The molecule has 0 aliphatic carbocycles. The van der Waals surface area contributed by atoms with Gasteiger partial charge in [-0.05, 0) is 49.2 Å². The van der Waals surface area contributed by atoms with E-state index in [9.17, 15) is 18.0 Å². The molecule has 2 aromatic rings. The van der Waals surface area contributed by atoms with Gasteiger partial charge in [-0.15, -0.1) is 0 Å². The summed E-state index contributed by atoms with van der Waals surface area (Å²) in [6, 6.07) is 8.44. The van der Waals surface area contributed by atoms with Crippen molar-refractivity contribution >= 4 is 23.2 Å². The highest BCUT2D eigenvalue weighted by atomic mass is 35.5. The molecule has 1 unspecified atom stereocenters. The predicted octanol–water partition coefficient (Wildman–Crippen LogP) is 4.92. The van der Waals surface area contributed by atoms with Gasteiger partial charge in [-0.25, -0.2) is 4.98 Å². The molecule has 1 aliphatic rings. The Morgan fingerprint density at radius 3 is 2.63 bits per heavy atom. The summed E-state index contributed by atoms with van der Waals surface area (Å²) in [6.07, 6.45) is -0.112. The maximum atomic E-state index is 12.8. The van der Waals surface area contributed by atoms with Crippen molar-refractivity contribution in [2.75, 3.05) is 18.4 Å². The van der Waals surface area contributed by atoms with E-state index in [1.165, 1.54) is 18.3 Å². The highest BCUT2D eigenvalue weighted by Crippen LogP contribution is 2.34. The predicted molar refractivity (Wildman–Crippen MR) is 97.5 cm³/mol. The van der Waals surface area contributed by atoms with Crippen LogP contribution in [0.3, 0.4) is 0 Å². The number of piperidine rings is 1. The summed E-state index contributed by atoms with van der Waals surface area (Å²) in [7, 11) is 0. The number of hydrogen-bond donors (Lipinski definition) is 1. The molecule has 1 aliphatic heterocycles. The SMILES string of the molecule is O=C(CN1CCCCC1c1ccc(C(F)(F)F)cc1)Nc1cccnc1Cl. The Balaban J connectivity index is 1.70. The van der Waals surface area contributed by atoms with Gasteiger partial charge in [0.15, 0.2) is 5.15 Å². The van der Waals surface area contributed by atoms with Crippen LogP contribution in [0.1, 0.15) is 36.4 Å². The third-order valence-electron chi connectivity index (χ3n) is 4.62. The molecular weight excluding hydrogens is 379 g/mol. The van der Waals surface area contributed by atoms with Gasteiger partial charge in [0, 0.05) is 12.2 Å². The number of benzene rings is 1. The lowest BCUT2D eigenvalue weighted by atomic mass is 9.94. The number of rotatable bonds is 4. The molecule has 1 fully saturated rings. The molecule has 4 nitrogen and oxygen atoms in total. The number of anilines is 1. The van der Waals surface area contributed by atoms with Crippen LogP contribution in [0.15, 0.2) is 42.6 Å². The number of carbonyl (C=O) groups excluding carboxylic acids is 1. The maximum absolute atomic E-state index is 12.8. The molecule has 1 atom stereocenters. The minimum absolute atomic E-state index is 0.0869. The van der Waals surface area contributed by atoms with E-state index in [0.717, 1.165) is 37.0 Å². The summed E-state index contributed by atoms with van der Waals surface area (Å²) in [5.74, 6) is -0.233. The lowest BCUT2D eigenvalue weighted by Crippen LogP contribution is -2.39. The van der Waals surface area contributed by atoms with Gasteiger partial charge >= 0.3 is 6.18 Å². The zero-order chi connectivity index (χ0) is 19.4. The van der Waals surface area contributed by atoms with Crippen molar-refractivity contribution in [3.8, 4) is 0 Å². The van der Waals surface area contributed by atoms with E-state index in [-0.39, 0.29) is 23.6 Å². The molecule has 1 N–H and O–H groups in total. The van der Waals surface area contributed by atoms with Crippen LogP contribution in [-0.2, 0) is 11.0 Å². The molecule has 0 bridgehead atoms. The number of likely N-dealkylation sites (tertiary alicyclic amines) is 1. The Morgan fingerprint density at radius 2 is 1.96 bits per heavy atom. The molecule has 1 aromatic heterocycles. The van der Waals surface area contributed by atoms with E-state index in [2.05, 4.69) is 10.3 Å². The smallest absolute Gasteiger partial charge is 0.322 e. The van der Waals surface area contributed by atoms with E-state index in [4.69, 9.17) is 11.6 Å². The molecule has 8 heteroatoms.